The number of anilines is 4. The number of aryl methyl sites for hydroxylation is 1. The number of pyridine rings is 1. The molecule has 11 heteroatoms. The van der Waals surface area contributed by atoms with Gasteiger partial charge in [-0.25, -0.2) is 13.8 Å². The molecule has 2 aromatic carbocycles. The van der Waals surface area contributed by atoms with Crippen LogP contribution in [0.3, 0.4) is 0 Å². The van der Waals surface area contributed by atoms with Gasteiger partial charge in [0.25, 0.3) is 0 Å². The summed E-state index contributed by atoms with van der Waals surface area (Å²) in [7, 11) is 1.99. The fourth-order valence-corrected chi connectivity index (χ4v) is 4.57. The Hall–Kier alpha value is -4.64. The lowest BCUT2D eigenvalue weighted by Crippen LogP contribution is -2.44. The third-order valence-electron chi connectivity index (χ3n) is 6.65. The van der Waals surface area contributed by atoms with Crippen molar-refractivity contribution in [2.24, 2.45) is 0 Å². The topological polar surface area (TPSA) is 95.4 Å². The predicted octanol–water partition coefficient (Wildman–Crippen LogP) is 3.99. The van der Waals surface area contributed by atoms with E-state index in [-0.39, 0.29) is 39.7 Å². The molecule has 9 nitrogen and oxygen atoms in total. The van der Waals surface area contributed by atoms with Gasteiger partial charge in [-0.1, -0.05) is 12.6 Å². The quantitative estimate of drug-likeness (QED) is 0.364. The van der Waals surface area contributed by atoms with Gasteiger partial charge in [-0.3, -0.25) is 14.2 Å². The molecule has 0 aliphatic carbocycles. The zero-order valence-corrected chi connectivity index (χ0v) is 21.5. The number of hydrogen-bond donors (Lipinski definition) is 2. The molecule has 200 valence electrons. The minimum Gasteiger partial charge on any atom is -0.367 e. The van der Waals surface area contributed by atoms with Crippen molar-refractivity contribution >= 4 is 40.0 Å². The molecule has 1 saturated heterocycles. The van der Waals surface area contributed by atoms with Crippen LogP contribution in [0.1, 0.15) is 5.69 Å². The van der Waals surface area contributed by atoms with Crippen molar-refractivity contribution in [3.05, 3.63) is 88.9 Å². The molecule has 0 bridgehead atoms. The van der Waals surface area contributed by atoms with Crippen molar-refractivity contribution in [2.45, 2.75) is 6.92 Å². The van der Waals surface area contributed by atoms with E-state index in [9.17, 15) is 9.59 Å². The molecule has 0 saturated carbocycles. The van der Waals surface area contributed by atoms with E-state index in [1.54, 1.807) is 35.8 Å². The second-order valence-corrected chi connectivity index (χ2v) is 9.34. The van der Waals surface area contributed by atoms with Crippen LogP contribution in [-0.2, 0) is 4.79 Å². The number of benzene rings is 2. The number of hydrogen-bond acceptors (Lipinski definition) is 7. The van der Waals surface area contributed by atoms with Crippen LogP contribution in [0.4, 0.5) is 31.8 Å². The monoisotopic (exact) mass is 531 g/mol. The number of aromatic nitrogens is 3. The third kappa shape index (κ3) is 5.21. The SMILES string of the molecule is C=CC(=O)Nc1cccc(-n2c(C)cc(=O)c3cnc(Nc4ccc(N5CCN(C)CC5)c(F)c4F)nc32)c1. The number of carbonyl (C=O) groups excluding carboxylic acids is 1. The molecule has 5 rings (SSSR count). The van der Waals surface area contributed by atoms with E-state index in [4.69, 9.17) is 0 Å². The molecular weight excluding hydrogens is 504 g/mol. The zero-order chi connectivity index (χ0) is 27.7. The summed E-state index contributed by atoms with van der Waals surface area (Å²) >= 11 is 0. The number of halogens is 2. The van der Waals surface area contributed by atoms with Crippen molar-refractivity contribution in [3.8, 4) is 5.69 Å². The van der Waals surface area contributed by atoms with Gasteiger partial charge in [-0.15, -0.1) is 0 Å². The van der Waals surface area contributed by atoms with Gasteiger partial charge < -0.3 is 20.4 Å². The summed E-state index contributed by atoms with van der Waals surface area (Å²) in [6.45, 7) is 7.93. The van der Waals surface area contributed by atoms with Gasteiger partial charge in [0, 0.05) is 55.5 Å². The van der Waals surface area contributed by atoms with Crippen molar-refractivity contribution in [1.29, 1.82) is 0 Å². The molecule has 2 N–H and O–H groups in total. The Bertz CT molecular complexity index is 1650. The van der Waals surface area contributed by atoms with Crippen molar-refractivity contribution < 1.29 is 13.6 Å². The summed E-state index contributed by atoms with van der Waals surface area (Å²) in [4.78, 5) is 37.1. The summed E-state index contributed by atoms with van der Waals surface area (Å²) in [6, 6.07) is 11.4. The average Bonchev–Trinajstić information content (AvgIpc) is 2.92. The van der Waals surface area contributed by atoms with Gasteiger partial charge in [0.1, 0.15) is 0 Å². The van der Waals surface area contributed by atoms with E-state index in [0.717, 1.165) is 19.2 Å². The van der Waals surface area contributed by atoms with Gasteiger partial charge in [0.05, 0.1) is 16.8 Å². The fraction of sp³-hybridized carbons (Fsp3) is 0.214. The first-order valence-corrected chi connectivity index (χ1v) is 12.4. The minimum absolute atomic E-state index is 0.0111. The summed E-state index contributed by atoms with van der Waals surface area (Å²) in [5.74, 6) is -2.36. The molecule has 1 aliphatic rings. The maximum absolute atomic E-state index is 15.1. The lowest BCUT2D eigenvalue weighted by Gasteiger charge is -2.34. The number of fused-ring (bicyclic) bond motifs is 1. The number of nitrogens with zero attached hydrogens (tertiary/aromatic N) is 5. The van der Waals surface area contributed by atoms with Crippen LogP contribution in [0.15, 0.2) is 66.1 Å². The molecule has 2 aromatic heterocycles. The zero-order valence-electron chi connectivity index (χ0n) is 21.5. The minimum atomic E-state index is -1.04. The van der Waals surface area contributed by atoms with E-state index in [2.05, 4.69) is 32.1 Å². The molecular formula is C28H27F2N7O2. The molecule has 39 heavy (non-hydrogen) atoms. The van der Waals surface area contributed by atoms with Crippen LogP contribution in [0.25, 0.3) is 16.7 Å². The Morgan fingerprint density at radius 1 is 1.08 bits per heavy atom. The average molecular weight is 532 g/mol. The summed E-state index contributed by atoms with van der Waals surface area (Å²) in [6.07, 6.45) is 2.51. The molecule has 1 aliphatic heterocycles. The highest BCUT2D eigenvalue weighted by molar-refractivity contribution is 5.99. The lowest BCUT2D eigenvalue weighted by atomic mass is 10.2. The standard InChI is InChI=1S/C28H27F2N7O2/c1-4-24(39)32-18-6-5-7-19(15-18)37-17(2)14-23(38)20-16-31-28(34-27(20)37)33-21-8-9-22(26(30)25(21)29)36-12-10-35(3)11-13-36/h4-9,14-16H,1,10-13H2,2-3H3,(H,32,39)(H,31,33,34). The maximum atomic E-state index is 15.1. The third-order valence-corrected chi connectivity index (χ3v) is 6.65. The van der Waals surface area contributed by atoms with Crippen LogP contribution < -0.4 is 21.0 Å². The molecule has 0 unspecified atom stereocenters. The largest absolute Gasteiger partial charge is 0.367 e. The molecule has 1 fully saturated rings. The fourth-order valence-electron chi connectivity index (χ4n) is 4.57. The highest BCUT2D eigenvalue weighted by Gasteiger charge is 2.22. The van der Waals surface area contributed by atoms with E-state index in [1.807, 2.05) is 11.9 Å². The molecule has 0 atom stereocenters. The van der Waals surface area contributed by atoms with Crippen molar-refractivity contribution in [2.75, 3.05) is 48.8 Å². The number of likely N-dealkylation sites (N-methyl/N-ethyl adjacent to an activating group) is 1. The van der Waals surface area contributed by atoms with Gasteiger partial charge in [0.2, 0.25) is 11.9 Å². The first-order chi connectivity index (χ1) is 18.7. The molecule has 0 spiro atoms. The summed E-state index contributed by atoms with van der Waals surface area (Å²) < 4.78 is 31.9. The van der Waals surface area contributed by atoms with Gasteiger partial charge in [-0.05, 0) is 50.4 Å². The Kier molecular flexibility index (Phi) is 7.07. The molecule has 0 radical (unpaired) electrons. The number of nitrogens with one attached hydrogen (secondary N) is 2. The maximum Gasteiger partial charge on any atom is 0.247 e. The second-order valence-electron chi connectivity index (χ2n) is 9.34. The number of carbonyl (C=O) groups is 1. The van der Waals surface area contributed by atoms with Crippen molar-refractivity contribution in [1.82, 2.24) is 19.4 Å². The second kappa shape index (κ2) is 10.6. The van der Waals surface area contributed by atoms with Crippen LogP contribution in [0, 0.1) is 18.6 Å². The smallest absolute Gasteiger partial charge is 0.247 e. The molecule has 3 heterocycles. The van der Waals surface area contributed by atoms with E-state index in [1.165, 1.54) is 24.4 Å². The predicted molar refractivity (Wildman–Crippen MR) is 148 cm³/mol. The summed E-state index contributed by atoms with van der Waals surface area (Å²) in [5.41, 5.74) is 1.79. The van der Waals surface area contributed by atoms with Crippen LogP contribution >= 0.6 is 0 Å². The molecule has 1 amide bonds. The lowest BCUT2D eigenvalue weighted by molar-refractivity contribution is -0.111. The van der Waals surface area contributed by atoms with Gasteiger partial charge in [-0.2, -0.15) is 4.98 Å². The first-order valence-electron chi connectivity index (χ1n) is 12.4. The number of rotatable bonds is 6. The van der Waals surface area contributed by atoms with Crippen LogP contribution in [-0.4, -0.2) is 58.6 Å². The Balaban J connectivity index is 1.52. The Morgan fingerprint density at radius 2 is 1.85 bits per heavy atom. The van der Waals surface area contributed by atoms with Crippen molar-refractivity contribution in [3.63, 3.8) is 0 Å². The van der Waals surface area contributed by atoms with E-state index < -0.39 is 11.6 Å². The Labute approximate surface area is 223 Å². The Morgan fingerprint density at radius 3 is 2.59 bits per heavy atom. The highest BCUT2D eigenvalue weighted by atomic mass is 19.2. The van der Waals surface area contributed by atoms with Gasteiger partial charge in [0.15, 0.2) is 22.7 Å². The first kappa shape index (κ1) is 26.0. The molecule has 4 aromatic rings. The number of amides is 1. The van der Waals surface area contributed by atoms with Crippen LogP contribution in [0.5, 0.6) is 0 Å². The highest BCUT2D eigenvalue weighted by Crippen LogP contribution is 2.29. The van der Waals surface area contributed by atoms with Gasteiger partial charge >= 0.3 is 0 Å². The summed E-state index contributed by atoms with van der Waals surface area (Å²) in [5, 5.41) is 5.70. The normalized spacial score (nSPS) is 13.9. The number of piperazine rings is 1. The van der Waals surface area contributed by atoms with Crippen LogP contribution in [0.2, 0.25) is 0 Å². The van der Waals surface area contributed by atoms with E-state index >= 15 is 8.78 Å². The van der Waals surface area contributed by atoms with E-state index in [0.29, 0.717) is 30.2 Å².